The summed E-state index contributed by atoms with van der Waals surface area (Å²) in [4.78, 5) is 0. The molecule has 0 spiro atoms. The van der Waals surface area contributed by atoms with Gasteiger partial charge in [0, 0.05) is 13.7 Å². The lowest BCUT2D eigenvalue weighted by Gasteiger charge is -2.03. The van der Waals surface area contributed by atoms with Gasteiger partial charge in [-0.05, 0) is 37.4 Å². The number of hydrogen-bond donors (Lipinski definition) is 1. The van der Waals surface area contributed by atoms with Gasteiger partial charge in [-0.15, -0.1) is 11.3 Å². The van der Waals surface area contributed by atoms with Crippen LogP contribution in [0, 0.1) is 0 Å². The number of thiophene rings is 1. The fourth-order valence-electron chi connectivity index (χ4n) is 1.59. The van der Waals surface area contributed by atoms with E-state index in [1.165, 1.54) is 36.2 Å². The second-order valence-corrected chi connectivity index (χ2v) is 6.19. The first-order valence-electron chi connectivity index (χ1n) is 5.87. The Kier molecular flexibility index (Phi) is 8.23. The topological polar surface area (TPSA) is 21.3 Å². The van der Waals surface area contributed by atoms with E-state index >= 15 is 0 Å². The highest BCUT2D eigenvalue weighted by Gasteiger charge is 2.04. The molecular weight excluding hydrogens is 277 g/mol. The van der Waals surface area contributed by atoms with E-state index in [1.54, 1.807) is 7.11 Å². The molecular formula is C12H19Cl2NOS. The van der Waals surface area contributed by atoms with Crippen LogP contribution in [0.3, 0.4) is 0 Å². The van der Waals surface area contributed by atoms with Crippen LogP contribution in [-0.2, 0) is 11.2 Å². The normalized spacial score (nSPS) is 11.0. The Balaban J connectivity index is 1.99. The predicted molar refractivity (Wildman–Crippen MR) is 76.6 cm³/mol. The highest BCUT2D eigenvalue weighted by atomic mass is 35.5. The van der Waals surface area contributed by atoms with E-state index < -0.39 is 0 Å². The third-order valence-corrected chi connectivity index (χ3v) is 4.08. The van der Waals surface area contributed by atoms with Gasteiger partial charge < -0.3 is 10.1 Å². The Labute approximate surface area is 117 Å². The van der Waals surface area contributed by atoms with Crippen LogP contribution >= 0.6 is 34.5 Å². The average molecular weight is 296 g/mol. The van der Waals surface area contributed by atoms with Crippen molar-refractivity contribution in [1.29, 1.82) is 0 Å². The van der Waals surface area contributed by atoms with E-state index in [2.05, 4.69) is 5.32 Å². The lowest BCUT2D eigenvalue weighted by atomic mass is 10.1. The SMILES string of the molecule is COCCNCCCCCc1cc(Cl)sc1Cl. The smallest absolute Gasteiger partial charge is 0.0976 e. The second-order valence-electron chi connectivity index (χ2n) is 3.90. The Hall–Kier alpha value is 0.200. The van der Waals surface area contributed by atoms with Gasteiger partial charge in [-0.25, -0.2) is 0 Å². The summed E-state index contributed by atoms with van der Waals surface area (Å²) in [5.41, 5.74) is 1.19. The van der Waals surface area contributed by atoms with Crippen LogP contribution in [-0.4, -0.2) is 26.8 Å². The maximum Gasteiger partial charge on any atom is 0.0976 e. The molecule has 0 atom stereocenters. The van der Waals surface area contributed by atoms with E-state index in [1.807, 2.05) is 6.07 Å². The number of halogens is 2. The van der Waals surface area contributed by atoms with Crippen LogP contribution in [0.15, 0.2) is 6.07 Å². The molecule has 1 rings (SSSR count). The van der Waals surface area contributed by atoms with Crippen molar-refractivity contribution in [1.82, 2.24) is 5.32 Å². The molecule has 0 aliphatic heterocycles. The van der Waals surface area contributed by atoms with E-state index in [9.17, 15) is 0 Å². The zero-order valence-electron chi connectivity index (χ0n) is 10.1. The Bertz CT molecular complexity index is 317. The standard InChI is InChI=1S/C12H19Cl2NOS/c1-16-8-7-15-6-4-2-3-5-10-9-11(13)17-12(10)14/h9,15H,2-8H2,1H3. The molecule has 0 amide bonds. The van der Waals surface area contributed by atoms with Crippen LogP contribution < -0.4 is 5.32 Å². The Morgan fingerprint density at radius 3 is 2.71 bits per heavy atom. The van der Waals surface area contributed by atoms with Gasteiger partial charge in [-0.3, -0.25) is 0 Å². The van der Waals surface area contributed by atoms with Crippen LogP contribution in [0.4, 0.5) is 0 Å². The van der Waals surface area contributed by atoms with E-state index in [0.29, 0.717) is 0 Å². The van der Waals surface area contributed by atoms with Crippen LogP contribution in [0.2, 0.25) is 8.67 Å². The van der Waals surface area contributed by atoms with E-state index in [4.69, 9.17) is 27.9 Å². The monoisotopic (exact) mass is 295 g/mol. The molecule has 0 radical (unpaired) electrons. The van der Waals surface area contributed by atoms with Crippen LogP contribution in [0.5, 0.6) is 0 Å². The lowest BCUT2D eigenvalue weighted by molar-refractivity contribution is 0.199. The van der Waals surface area contributed by atoms with Crippen molar-refractivity contribution >= 4 is 34.5 Å². The van der Waals surface area contributed by atoms with Gasteiger partial charge in [0.1, 0.15) is 0 Å². The molecule has 5 heteroatoms. The zero-order chi connectivity index (χ0) is 12.5. The maximum atomic E-state index is 6.05. The second kappa shape index (κ2) is 9.17. The van der Waals surface area contributed by atoms with Gasteiger partial charge in [0.25, 0.3) is 0 Å². The zero-order valence-corrected chi connectivity index (χ0v) is 12.4. The van der Waals surface area contributed by atoms with Crippen LogP contribution in [0.25, 0.3) is 0 Å². The van der Waals surface area contributed by atoms with Crippen LogP contribution in [0.1, 0.15) is 24.8 Å². The summed E-state index contributed by atoms with van der Waals surface area (Å²) in [5, 5.41) is 3.33. The van der Waals surface area contributed by atoms with Crippen molar-refractivity contribution < 1.29 is 4.74 Å². The van der Waals surface area contributed by atoms with Crippen molar-refractivity contribution in [2.45, 2.75) is 25.7 Å². The molecule has 0 unspecified atom stereocenters. The van der Waals surface area contributed by atoms with E-state index in [-0.39, 0.29) is 0 Å². The fraction of sp³-hybridized carbons (Fsp3) is 0.667. The summed E-state index contributed by atoms with van der Waals surface area (Å²) in [5.74, 6) is 0. The number of hydrogen-bond acceptors (Lipinski definition) is 3. The van der Waals surface area contributed by atoms with Gasteiger partial charge in [-0.1, -0.05) is 29.6 Å². The van der Waals surface area contributed by atoms with Crippen molar-refractivity contribution in [2.24, 2.45) is 0 Å². The highest BCUT2D eigenvalue weighted by Crippen LogP contribution is 2.32. The third kappa shape index (κ3) is 6.63. The van der Waals surface area contributed by atoms with Crippen molar-refractivity contribution in [2.75, 3.05) is 26.8 Å². The predicted octanol–water partition coefficient (Wildman–Crippen LogP) is 4.00. The quantitative estimate of drug-likeness (QED) is 0.695. The molecule has 0 saturated heterocycles. The molecule has 1 heterocycles. The summed E-state index contributed by atoms with van der Waals surface area (Å²) < 4.78 is 6.58. The van der Waals surface area contributed by atoms with Crippen molar-refractivity contribution in [3.8, 4) is 0 Å². The minimum absolute atomic E-state index is 0.781. The minimum atomic E-state index is 0.781. The molecule has 1 aromatic rings. The first kappa shape index (κ1) is 15.3. The summed E-state index contributed by atoms with van der Waals surface area (Å²) in [7, 11) is 1.72. The van der Waals surface area contributed by atoms with Gasteiger partial charge in [-0.2, -0.15) is 0 Å². The average Bonchev–Trinajstić information content (AvgIpc) is 2.61. The molecule has 0 saturated carbocycles. The van der Waals surface area contributed by atoms with E-state index in [0.717, 1.165) is 34.8 Å². The summed E-state index contributed by atoms with van der Waals surface area (Å²) >= 11 is 13.4. The molecule has 98 valence electrons. The number of rotatable bonds is 9. The summed E-state index contributed by atoms with van der Waals surface area (Å²) in [6.45, 7) is 2.77. The van der Waals surface area contributed by atoms with Crippen molar-refractivity contribution in [3.05, 3.63) is 20.3 Å². The number of ether oxygens (including phenoxy) is 1. The first-order chi connectivity index (χ1) is 8.24. The lowest BCUT2D eigenvalue weighted by Crippen LogP contribution is -2.20. The molecule has 0 aliphatic carbocycles. The summed E-state index contributed by atoms with van der Waals surface area (Å²) in [6, 6.07) is 1.98. The molecule has 0 aromatic carbocycles. The molecule has 0 bridgehead atoms. The van der Waals surface area contributed by atoms with Crippen molar-refractivity contribution in [3.63, 3.8) is 0 Å². The number of methoxy groups -OCH3 is 1. The molecule has 17 heavy (non-hydrogen) atoms. The van der Waals surface area contributed by atoms with Gasteiger partial charge in [0.05, 0.1) is 15.3 Å². The molecule has 0 fully saturated rings. The van der Waals surface area contributed by atoms with Gasteiger partial charge >= 0.3 is 0 Å². The molecule has 1 N–H and O–H groups in total. The molecule has 1 aromatic heterocycles. The first-order valence-corrected chi connectivity index (χ1v) is 7.44. The Morgan fingerprint density at radius 1 is 1.24 bits per heavy atom. The summed E-state index contributed by atoms with van der Waals surface area (Å²) in [6.07, 6.45) is 4.60. The number of nitrogens with one attached hydrogen (secondary N) is 1. The van der Waals surface area contributed by atoms with Gasteiger partial charge in [0.15, 0.2) is 0 Å². The minimum Gasteiger partial charge on any atom is -0.383 e. The Morgan fingerprint density at radius 2 is 2.06 bits per heavy atom. The highest BCUT2D eigenvalue weighted by molar-refractivity contribution is 7.20. The third-order valence-electron chi connectivity index (χ3n) is 2.51. The largest absolute Gasteiger partial charge is 0.383 e. The molecule has 2 nitrogen and oxygen atoms in total. The number of aryl methyl sites for hydroxylation is 1. The number of unbranched alkanes of at least 4 members (excludes halogenated alkanes) is 2. The fourth-order valence-corrected chi connectivity index (χ4v) is 3.13. The molecule has 0 aliphatic rings. The van der Waals surface area contributed by atoms with Gasteiger partial charge in [0.2, 0.25) is 0 Å². The maximum absolute atomic E-state index is 6.05.